The molecule has 0 unspecified atom stereocenters. The van der Waals surface area contributed by atoms with E-state index in [-0.39, 0.29) is 30.3 Å². The van der Waals surface area contributed by atoms with Crippen LogP contribution in [0.25, 0.3) is 22.2 Å². The van der Waals surface area contributed by atoms with Gasteiger partial charge in [0.15, 0.2) is 0 Å². The number of carbonyl (C=O) groups is 1. The first-order chi connectivity index (χ1) is 16.2. The highest BCUT2D eigenvalue weighted by Gasteiger charge is 2.34. The molecule has 2 aromatic heterocycles. The van der Waals surface area contributed by atoms with E-state index in [0.717, 1.165) is 28.6 Å². The van der Waals surface area contributed by atoms with Gasteiger partial charge in [0.05, 0.1) is 30.0 Å². The van der Waals surface area contributed by atoms with E-state index in [0.29, 0.717) is 18.1 Å². The molecule has 10 heteroatoms. The van der Waals surface area contributed by atoms with Crippen molar-refractivity contribution in [3.8, 4) is 17.0 Å². The maximum atomic E-state index is 13.6. The normalized spacial score (nSPS) is 11.7. The second kappa shape index (κ2) is 9.20. The first-order valence-electron chi connectivity index (χ1n) is 10.4. The van der Waals surface area contributed by atoms with Crippen LogP contribution in [0.5, 0.6) is 5.75 Å². The lowest BCUT2D eigenvalue weighted by Gasteiger charge is -2.08. The molecule has 0 radical (unpaired) electrons. The van der Waals surface area contributed by atoms with Crippen molar-refractivity contribution in [1.29, 1.82) is 0 Å². The number of fused-ring (bicyclic) bond motifs is 1. The Balaban J connectivity index is 1.49. The Morgan fingerprint density at radius 3 is 2.68 bits per heavy atom. The zero-order valence-electron chi connectivity index (χ0n) is 18.4. The van der Waals surface area contributed by atoms with Gasteiger partial charge >= 0.3 is 12.1 Å². The third-order valence-electron chi connectivity index (χ3n) is 5.31. The number of carbonyl (C=O) groups excluding carboxylic acids is 1. The van der Waals surface area contributed by atoms with E-state index in [1.54, 1.807) is 38.4 Å². The number of hydrogen-bond donors (Lipinski definition) is 1. The van der Waals surface area contributed by atoms with Gasteiger partial charge in [-0.2, -0.15) is 18.3 Å². The molecule has 0 aliphatic rings. The third-order valence-corrected chi connectivity index (χ3v) is 5.31. The predicted octanol–water partition coefficient (Wildman–Crippen LogP) is 5.41. The number of aryl methyl sites for hydroxylation is 1. The largest absolute Gasteiger partial charge is 0.487 e. The minimum atomic E-state index is -4.80. The van der Waals surface area contributed by atoms with Gasteiger partial charge in [-0.25, -0.2) is 4.39 Å². The first kappa shape index (κ1) is 23.3. The fraction of sp³-hybridized carbons (Fsp3) is 0.250. The Bertz CT molecular complexity index is 1340. The summed E-state index contributed by atoms with van der Waals surface area (Å²) in [6.45, 7) is 2.18. The van der Waals surface area contributed by atoms with Crippen LogP contribution in [0.1, 0.15) is 23.7 Å². The highest BCUT2D eigenvalue weighted by molar-refractivity contribution is 5.88. The van der Waals surface area contributed by atoms with Crippen LogP contribution in [-0.4, -0.2) is 27.3 Å². The number of hydrogen-bond acceptors (Lipinski definition) is 4. The van der Waals surface area contributed by atoms with Crippen molar-refractivity contribution < 1.29 is 31.8 Å². The van der Waals surface area contributed by atoms with Gasteiger partial charge in [-0.3, -0.25) is 9.48 Å². The fourth-order valence-corrected chi connectivity index (χ4v) is 3.61. The Hall–Kier alpha value is -3.82. The van der Waals surface area contributed by atoms with Gasteiger partial charge in [0.2, 0.25) is 0 Å². The van der Waals surface area contributed by atoms with Gasteiger partial charge in [0.25, 0.3) is 0 Å². The molecule has 6 nitrogen and oxygen atoms in total. The average Bonchev–Trinajstić information content (AvgIpc) is 3.35. The predicted molar refractivity (Wildman–Crippen MR) is 117 cm³/mol. The number of nitrogens with zero attached hydrogens (tertiary/aromatic N) is 2. The molecule has 34 heavy (non-hydrogen) atoms. The van der Waals surface area contributed by atoms with Crippen molar-refractivity contribution >= 4 is 16.9 Å². The highest BCUT2D eigenvalue weighted by atomic mass is 19.4. The van der Waals surface area contributed by atoms with Gasteiger partial charge in [0.1, 0.15) is 18.2 Å². The van der Waals surface area contributed by atoms with Crippen LogP contribution in [0.4, 0.5) is 17.6 Å². The van der Waals surface area contributed by atoms with Crippen molar-refractivity contribution in [3.05, 3.63) is 71.3 Å². The molecule has 0 atom stereocenters. The molecule has 178 valence electrons. The Kier molecular flexibility index (Phi) is 6.32. The molecule has 0 aliphatic heterocycles. The number of H-pyrrole nitrogens is 1. The molecule has 2 heterocycles. The lowest BCUT2D eigenvalue weighted by atomic mass is 10.1. The molecule has 0 spiro atoms. The van der Waals surface area contributed by atoms with Crippen LogP contribution in [-0.2, 0) is 35.8 Å². The molecule has 0 fully saturated rings. The molecule has 2 aromatic carbocycles. The Morgan fingerprint density at radius 2 is 1.94 bits per heavy atom. The fourth-order valence-electron chi connectivity index (χ4n) is 3.61. The molecule has 1 N–H and O–H groups in total. The molecule has 0 saturated carbocycles. The van der Waals surface area contributed by atoms with Crippen molar-refractivity contribution in [2.75, 3.05) is 6.61 Å². The van der Waals surface area contributed by atoms with Crippen LogP contribution in [0.15, 0.2) is 48.7 Å². The van der Waals surface area contributed by atoms with Crippen LogP contribution in [0, 0.1) is 5.82 Å². The summed E-state index contributed by atoms with van der Waals surface area (Å²) in [6.07, 6.45) is -2.89. The summed E-state index contributed by atoms with van der Waals surface area (Å²) in [7, 11) is 1.65. The van der Waals surface area contributed by atoms with E-state index in [2.05, 4.69) is 10.1 Å². The number of rotatable bonds is 7. The maximum absolute atomic E-state index is 13.6. The van der Waals surface area contributed by atoms with E-state index < -0.39 is 17.6 Å². The molecular weight excluding hydrogens is 454 g/mol. The van der Waals surface area contributed by atoms with E-state index in [1.807, 2.05) is 6.07 Å². The van der Waals surface area contributed by atoms with Gasteiger partial charge in [-0.1, -0.05) is 0 Å². The zero-order valence-corrected chi connectivity index (χ0v) is 18.4. The number of esters is 1. The summed E-state index contributed by atoms with van der Waals surface area (Å²) >= 11 is 0. The maximum Gasteiger partial charge on any atom is 0.419 e. The quantitative estimate of drug-likeness (QED) is 0.287. The van der Waals surface area contributed by atoms with Crippen molar-refractivity contribution in [2.24, 2.45) is 7.05 Å². The zero-order chi connectivity index (χ0) is 24.5. The number of aromatic nitrogens is 3. The van der Waals surface area contributed by atoms with Gasteiger partial charge in [-0.05, 0) is 48.9 Å². The third kappa shape index (κ3) is 4.90. The van der Waals surface area contributed by atoms with Crippen LogP contribution < -0.4 is 4.74 Å². The van der Waals surface area contributed by atoms with Crippen LogP contribution >= 0.6 is 0 Å². The lowest BCUT2D eigenvalue weighted by molar-refractivity contribution is -0.142. The Labute approximate surface area is 192 Å². The summed E-state index contributed by atoms with van der Waals surface area (Å²) in [6, 6.07) is 9.76. The molecular formula is C24H21F4N3O3. The first-order valence-corrected chi connectivity index (χ1v) is 10.4. The van der Waals surface area contributed by atoms with E-state index in [4.69, 9.17) is 9.47 Å². The minimum Gasteiger partial charge on any atom is -0.487 e. The van der Waals surface area contributed by atoms with Gasteiger partial charge < -0.3 is 14.5 Å². The van der Waals surface area contributed by atoms with E-state index >= 15 is 0 Å². The lowest BCUT2D eigenvalue weighted by Crippen LogP contribution is -2.08. The topological polar surface area (TPSA) is 69.1 Å². The second-order valence-corrected chi connectivity index (χ2v) is 7.63. The average molecular weight is 475 g/mol. The molecule has 0 aliphatic carbocycles. The molecule has 4 rings (SSSR count). The molecule has 4 aromatic rings. The van der Waals surface area contributed by atoms with Gasteiger partial charge in [-0.15, -0.1) is 0 Å². The van der Waals surface area contributed by atoms with Crippen LogP contribution in [0.3, 0.4) is 0 Å². The van der Waals surface area contributed by atoms with E-state index in [1.165, 1.54) is 10.7 Å². The summed E-state index contributed by atoms with van der Waals surface area (Å²) in [4.78, 5) is 14.9. The smallest absolute Gasteiger partial charge is 0.419 e. The summed E-state index contributed by atoms with van der Waals surface area (Å²) in [5.41, 5.74) is 1.30. The SMILES string of the molecule is CCOC(=O)Cc1c[nH]c2cc(OCc3cc(-c4ccc(F)c(C(F)(F)F)c4)nn3C)ccc12. The molecule has 0 saturated heterocycles. The van der Waals surface area contributed by atoms with Crippen molar-refractivity contribution in [1.82, 2.24) is 14.8 Å². The number of alkyl halides is 3. The molecule has 0 bridgehead atoms. The Morgan fingerprint density at radius 1 is 1.15 bits per heavy atom. The summed E-state index contributed by atoms with van der Waals surface area (Å²) in [5, 5.41) is 5.11. The minimum absolute atomic E-state index is 0.110. The van der Waals surface area contributed by atoms with E-state index in [9.17, 15) is 22.4 Å². The van der Waals surface area contributed by atoms with Crippen molar-refractivity contribution in [2.45, 2.75) is 26.1 Å². The number of aromatic amines is 1. The highest BCUT2D eigenvalue weighted by Crippen LogP contribution is 2.34. The number of halogens is 4. The second-order valence-electron chi connectivity index (χ2n) is 7.63. The van der Waals surface area contributed by atoms with Gasteiger partial charge in [0, 0.05) is 35.8 Å². The van der Waals surface area contributed by atoms with Crippen molar-refractivity contribution in [3.63, 3.8) is 0 Å². The summed E-state index contributed by atoms with van der Waals surface area (Å²) < 4.78 is 65.0. The molecule has 0 amide bonds. The monoisotopic (exact) mass is 475 g/mol. The standard InChI is InChI=1S/C24H21F4N3O3/c1-3-33-23(32)9-15-12-29-22-11-17(5-6-18(15)22)34-13-16-10-21(30-31(16)2)14-4-7-20(25)19(8-14)24(26,27)28/h4-8,10-12,29H,3,9,13H2,1-2H3. The summed E-state index contributed by atoms with van der Waals surface area (Å²) in [5.74, 6) is -1.08. The number of ether oxygens (including phenoxy) is 2. The number of benzene rings is 2. The number of nitrogens with one attached hydrogen (secondary N) is 1. The van der Waals surface area contributed by atoms with Crippen LogP contribution in [0.2, 0.25) is 0 Å².